The summed E-state index contributed by atoms with van der Waals surface area (Å²) in [6.07, 6.45) is 3.56. The summed E-state index contributed by atoms with van der Waals surface area (Å²) in [5.41, 5.74) is 3.23. The Morgan fingerprint density at radius 3 is 2.54 bits per heavy atom. The second kappa shape index (κ2) is 8.93. The number of nitrogens with zero attached hydrogens (tertiary/aromatic N) is 3. The van der Waals surface area contributed by atoms with Crippen LogP contribution >= 0.6 is 0 Å². The van der Waals surface area contributed by atoms with Crippen molar-refractivity contribution in [1.82, 2.24) is 25.3 Å². The third kappa shape index (κ3) is 4.91. The van der Waals surface area contributed by atoms with E-state index in [0.717, 1.165) is 44.0 Å². The van der Waals surface area contributed by atoms with Gasteiger partial charge < -0.3 is 15.4 Å². The van der Waals surface area contributed by atoms with E-state index in [4.69, 9.17) is 4.74 Å². The molecule has 1 unspecified atom stereocenters. The number of hydrogen-bond donors (Lipinski definition) is 2. The molecule has 1 fully saturated rings. The van der Waals surface area contributed by atoms with E-state index in [1.54, 1.807) is 17.9 Å². The topological polar surface area (TPSA) is 71.4 Å². The van der Waals surface area contributed by atoms with Crippen molar-refractivity contribution in [3.05, 3.63) is 53.3 Å². The molecule has 26 heavy (non-hydrogen) atoms. The van der Waals surface area contributed by atoms with Gasteiger partial charge in [-0.25, -0.2) is 0 Å². The van der Waals surface area contributed by atoms with Crippen LogP contribution in [0.2, 0.25) is 0 Å². The summed E-state index contributed by atoms with van der Waals surface area (Å²) in [6.45, 7) is 5.05. The molecular formula is C19H27N5O2. The Hall–Kier alpha value is -2.22. The molecule has 1 aliphatic heterocycles. The molecule has 0 saturated carbocycles. The molecule has 0 radical (unpaired) electrons. The smallest absolute Gasteiger partial charge is 0.242 e. The summed E-state index contributed by atoms with van der Waals surface area (Å²) in [4.78, 5) is 14.9. The van der Waals surface area contributed by atoms with Gasteiger partial charge in [0.25, 0.3) is 0 Å². The standard InChI is InChI=1S/C19H27N5O2/c1-20-18(17-12-22-23(2)14-17)19(25)21-11-15-3-5-16(6-4-15)13-24-7-9-26-10-8-24/h3-6,12,14,18,20H,7-11,13H2,1-2H3,(H,21,25). The van der Waals surface area contributed by atoms with Gasteiger partial charge in [0.1, 0.15) is 6.04 Å². The fourth-order valence-electron chi connectivity index (χ4n) is 3.11. The number of benzene rings is 1. The molecule has 2 N–H and O–H groups in total. The third-order valence-electron chi connectivity index (χ3n) is 4.61. The van der Waals surface area contributed by atoms with E-state index in [0.29, 0.717) is 6.54 Å². The van der Waals surface area contributed by atoms with Gasteiger partial charge >= 0.3 is 0 Å². The second-order valence-electron chi connectivity index (χ2n) is 6.59. The number of amides is 1. The minimum atomic E-state index is -0.399. The van der Waals surface area contributed by atoms with Crippen molar-refractivity contribution in [2.24, 2.45) is 7.05 Å². The summed E-state index contributed by atoms with van der Waals surface area (Å²) in [5.74, 6) is -0.0575. The number of carbonyl (C=O) groups is 1. The lowest BCUT2D eigenvalue weighted by Crippen LogP contribution is -2.35. The van der Waals surface area contributed by atoms with Crippen LogP contribution in [0.4, 0.5) is 0 Å². The summed E-state index contributed by atoms with van der Waals surface area (Å²) >= 11 is 0. The van der Waals surface area contributed by atoms with E-state index in [1.807, 2.05) is 13.2 Å². The van der Waals surface area contributed by atoms with Crippen LogP contribution in [-0.4, -0.2) is 53.9 Å². The Bertz CT molecular complexity index is 707. The first-order valence-electron chi connectivity index (χ1n) is 8.97. The number of hydrogen-bond acceptors (Lipinski definition) is 5. The second-order valence-corrected chi connectivity index (χ2v) is 6.59. The number of aromatic nitrogens is 2. The molecule has 1 aliphatic rings. The molecule has 0 aliphatic carbocycles. The Kier molecular flexibility index (Phi) is 6.38. The van der Waals surface area contributed by atoms with Crippen molar-refractivity contribution in [2.75, 3.05) is 33.4 Å². The number of nitrogens with one attached hydrogen (secondary N) is 2. The first-order chi connectivity index (χ1) is 12.7. The Balaban J connectivity index is 1.51. The quantitative estimate of drug-likeness (QED) is 0.768. The highest BCUT2D eigenvalue weighted by atomic mass is 16.5. The molecule has 0 spiro atoms. The monoisotopic (exact) mass is 357 g/mol. The minimum Gasteiger partial charge on any atom is -0.379 e. The van der Waals surface area contributed by atoms with E-state index in [2.05, 4.69) is 44.9 Å². The van der Waals surface area contributed by atoms with Gasteiger partial charge in [-0.1, -0.05) is 24.3 Å². The molecule has 2 aromatic rings. The van der Waals surface area contributed by atoms with Crippen molar-refractivity contribution in [3.63, 3.8) is 0 Å². The first-order valence-corrected chi connectivity index (χ1v) is 8.97. The van der Waals surface area contributed by atoms with E-state index in [1.165, 1.54) is 5.56 Å². The van der Waals surface area contributed by atoms with E-state index < -0.39 is 6.04 Å². The predicted octanol–water partition coefficient (Wildman–Crippen LogP) is 0.829. The highest BCUT2D eigenvalue weighted by Gasteiger charge is 2.19. The molecule has 1 aromatic carbocycles. The summed E-state index contributed by atoms with van der Waals surface area (Å²) < 4.78 is 7.08. The van der Waals surface area contributed by atoms with Gasteiger partial charge in [-0.2, -0.15) is 5.10 Å². The van der Waals surface area contributed by atoms with Crippen molar-refractivity contribution in [3.8, 4) is 0 Å². The highest BCUT2D eigenvalue weighted by molar-refractivity contribution is 5.83. The molecule has 1 saturated heterocycles. The van der Waals surface area contributed by atoms with Gasteiger partial charge in [-0.15, -0.1) is 0 Å². The van der Waals surface area contributed by atoms with E-state index >= 15 is 0 Å². The van der Waals surface area contributed by atoms with Crippen LogP contribution in [0.1, 0.15) is 22.7 Å². The molecule has 1 amide bonds. The zero-order valence-electron chi connectivity index (χ0n) is 15.4. The number of rotatable bonds is 7. The number of aryl methyl sites for hydroxylation is 1. The summed E-state index contributed by atoms with van der Waals surface area (Å²) in [5, 5.41) is 10.2. The lowest BCUT2D eigenvalue weighted by molar-refractivity contribution is -0.123. The van der Waals surface area contributed by atoms with Crippen molar-refractivity contribution < 1.29 is 9.53 Å². The molecule has 0 bridgehead atoms. The maximum Gasteiger partial charge on any atom is 0.242 e. The van der Waals surface area contributed by atoms with Crippen LogP contribution < -0.4 is 10.6 Å². The van der Waals surface area contributed by atoms with Crippen LogP contribution in [0, 0.1) is 0 Å². The van der Waals surface area contributed by atoms with Crippen LogP contribution in [0.25, 0.3) is 0 Å². The largest absolute Gasteiger partial charge is 0.379 e. The lowest BCUT2D eigenvalue weighted by atomic mass is 10.1. The Morgan fingerprint density at radius 1 is 1.23 bits per heavy atom. The fourth-order valence-corrected chi connectivity index (χ4v) is 3.11. The Labute approximate surface area is 154 Å². The average molecular weight is 357 g/mol. The van der Waals surface area contributed by atoms with Crippen LogP contribution in [-0.2, 0) is 29.7 Å². The van der Waals surface area contributed by atoms with E-state index in [9.17, 15) is 4.79 Å². The van der Waals surface area contributed by atoms with Gasteiger partial charge in [0.2, 0.25) is 5.91 Å². The zero-order chi connectivity index (χ0) is 18.4. The zero-order valence-corrected chi connectivity index (χ0v) is 15.4. The molecule has 1 atom stereocenters. The maximum atomic E-state index is 12.5. The molecule has 1 aromatic heterocycles. The molecule has 140 valence electrons. The maximum absolute atomic E-state index is 12.5. The van der Waals surface area contributed by atoms with Gasteiger partial charge in [0.15, 0.2) is 0 Å². The summed E-state index contributed by atoms with van der Waals surface area (Å²) in [6, 6.07) is 8.02. The fraction of sp³-hybridized carbons (Fsp3) is 0.474. The minimum absolute atomic E-state index is 0.0575. The highest BCUT2D eigenvalue weighted by Crippen LogP contribution is 2.12. The predicted molar refractivity (Wildman–Crippen MR) is 99.4 cm³/mol. The SMILES string of the molecule is CNC(C(=O)NCc1ccc(CN2CCOCC2)cc1)c1cnn(C)c1. The van der Waals surface area contributed by atoms with Crippen molar-refractivity contribution >= 4 is 5.91 Å². The van der Waals surface area contributed by atoms with Crippen LogP contribution in [0.15, 0.2) is 36.7 Å². The van der Waals surface area contributed by atoms with Gasteiger partial charge in [0, 0.05) is 45.0 Å². The number of morpholine rings is 1. The van der Waals surface area contributed by atoms with Crippen molar-refractivity contribution in [1.29, 1.82) is 0 Å². The lowest BCUT2D eigenvalue weighted by Gasteiger charge is -2.26. The van der Waals surface area contributed by atoms with Gasteiger partial charge in [-0.05, 0) is 18.2 Å². The van der Waals surface area contributed by atoms with E-state index in [-0.39, 0.29) is 5.91 Å². The average Bonchev–Trinajstić information content (AvgIpc) is 3.08. The molecule has 7 nitrogen and oxygen atoms in total. The van der Waals surface area contributed by atoms with Crippen LogP contribution in [0.5, 0.6) is 0 Å². The first kappa shape index (κ1) is 18.6. The normalized spacial score (nSPS) is 16.4. The molecule has 3 rings (SSSR count). The van der Waals surface area contributed by atoms with Gasteiger partial charge in [-0.3, -0.25) is 14.4 Å². The third-order valence-corrected chi connectivity index (χ3v) is 4.61. The van der Waals surface area contributed by atoms with Crippen molar-refractivity contribution in [2.45, 2.75) is 19.1 Å². The molecule has 7 heteroatoms. The summed E-state index contributed by atoms with van der Waals surface area (Å²) in [7, 11) is 3.62. The molecular weight excluding hydrogens is 330 g/mol. The van der Waals surface area contributed by atoms with Gasteiger partial charge in [0.05, 0.1) is 19.4 Å². The number of carbonyl (C=O) groups excluding carboxylic acids is 1. The number of ether oxygens (including phenoxy) is 1. The Morgan fingerprint density at radius 2 is 1.92 bits per heavy atom. The molecule has 2 heterocycles. The number of likely N-dealkylation sites (N-methyl/N-ethyl adjacent to an activating group) is 1. The van der Waals surface area contributed by atoms with Crippen LogP contribution in [0.3, 0.4) is 0 Å².